The highest BCUT2D eigenvalue weighted by Crippen LogP contribution is 2.61. The number of nitrogens with one attached hydrogen (secondary N) is 2. The van der Waals surface area contributed by atoms with Gasteiger partial charge >= 0.3 is 7.12 Å². The largest absolute Gasteiger partial charge is 0.481 e. The third-order valence-electron chi connectivity index (χ3n) is 8.51. The summed E-state index contributed by atoms with van der Waals surface area (Å²) in [6.07, 6.45) is 7.79. The molecule has 8 nitrogen and oxygen atoms in total. The summed E-state index contributed by atoms with van der Waals surface area (Å²) >= 11 is 0. The summed E-state index contributed by atoms with van der Waals surface area (Å²) in [4.78, 5) is 34.6. The van der Waals surface area contributed by atoms with Crippen LogP contribution >= 0.6 is 0 Å². The number of carbonyl (C=O) groups is 2. The minimum atomic E-state index is -0.790. The van der Waals surface area contributed by atoms with Gasteiger partial charge in [0.1, 0.15) is 11.7 Å². The van der Waals surface area contributed by atoms with E-state index >= 15 is 0 Å². The second-order valence-electron chi connectivity index (χ2n) is 11.8. The number of rotatable bonds is 9. The standard InChI is InChI=1S/C28H37BN4O4/c1-17(2)12-24(29-36-23-15-19-14-20(25(23)37-29)28(19,3)4)33-26(34)21(13-18-8-6-5-7-9-18)32-27(35)22-16-30-10-11-31-22/h5-11,16-17,19-21,23-25H,12-15H2,1-4H3,(H,32,35)(H,33,34)/t19?,20-,21+,23-,24+,25+/m1/s1. The Morgan fingerprint density at radius 3 is 2.57 bits per heavy atom. The summed E-state index contributed by atoms with van der Waals surface area (Å²) < 4.78 is 13.0. The number of hydrogen-bond acceptors (Lipinski definition) is 6. The summed E-state index contributed by atoms with van der Waals surface area (Å²) in [5.41, 5.74) is 1.39. The fourth-order valence-electron chi connectivity index (χ4n) is 6.29. The van der Waals surface area contributed by atoms with Crippen LogP contribution in [0.25, 0.3) is 0 Å². The second-order valence-corrected chi connectivity index (χ2v) is 11.8. The van der Waals surface area contributed by atoms with Crippen molar-refractivity contribution in [1.29, 1.82) is 0 Å². The maximum atomic E-state index is 13.7. The zero-order chi connectivity index (χ0) is 26.2. The highest BCUT2D eigenvalue weighted by atomic mass is 16.7. The van der Waals surface area contributed by atoms with Gasteiger partial charge in [-0.3, -0.25) is 14.6 Å². The predicted octanol–water partition coefficient (Wildman–Crippen LogP) is 3.23. The number of hydrogen-bond donors (Lipinski definition) is 2. The van der Waals surface area contributed by atoms with E-state index in [-0.39, 0.29) is 35.2 Å². The molecule has 1 aromatic carbocycles. The Balaban J connectivity index is 1.31. The summed E-state index contributed by atoms with van der Waals surface area (Å²) in [5, 5.41) is 6.06. The van der Waals surface area contributed by atoms with Gasteiger partial charge in [0.2, 0.25) is 5.91 Å². The first kappa shape index (κ1) is 25.9. The molecular weight excluding hydrogens is 467 g/mol. The molecule has 0 spiro atoms. The van der Waals surface area contributed by atoms with Gasteiger partial charge in [0.05, 0.1) is 24.3 Å². The van der Waals surface area contributed by atoms with E-state index in [1.807, 2.05) is 30.3 Å². The summed E-state index contributed by atoms with van der Waals surface area (Å²) in [6, 6.07) is 8.87. The molecule has 1 aliphatic heterocycles. The van der Waals surface area contributed by atoms with E-state index in [1.165, 1.54) is 25.0 Å². The second kappa shape index (κ2) is 10.5. The SMILES string of the molecule is CC(C)C[C@H](NC(=O)[C@H](Cc1ccccc1)NC(=O)c1cnccn1)B1O[C@H]2[C@H]3CC(C[C@H]2O1)C3(C)C. The molecule has 2 bridgehead atoms. The molecule has 196 valence electrons. The Bertz CT molecular complexity index is 1100. The van der Waals surface area contributed by atoms with E-state index < -0.39 is 19.1 Å². The monoisotopic (exact) mass is 504 g/mol. The fraction of sp³-hybridized carbons (Fsp3) is 0.571. The van der Waals surface area contributed by atoms with Crippen LogP contribution in [0.3, 0.4) is 0 Å². The molecule has 1 unspecified atom stereocenters. The molecule has 3 aliphatic carbocycles. The van der Waals surface area contributed by atoms with Gasteiger partial charge in [-0.1, -0.05) is 58.0 Å². The zero-order valence-electron chi connectivity index (χ0n) is 22.1. The molecule has 1 aromatic heterocycles. The lowest BCUT2D eigenvalue weighted by Crippen LogP contribution is -2.59. The first-order valence-electron chi connectivity index (χ1n) is 13.4. The van der Waals surface area contributed by atoms with Crippen LogP contribution in [0.2, 0.25) is 0 Å². The number of carbonyl (C=O) groups excluding carboxylic acids is 2. The molecule has 4 aliphatic rings. The average Bonchev–Trinajstić information content (AvgIpc) is 3.33. The highest BCUT2D eigenvalue weighted by molar-refractivity contribution is 6.47. The lowest BCUT2D eigenvalue weighted by atomic mass is 9.47. The van der Waals surface area contributed by atoms with Gasteiger partial charge < -0.3 is 19.9 Å². The quantitative estimate of drug-likeness (QED) is 0.509. The molecule has 37 heavy (non-hydrogen) atoms. The van der Waals surface area contributed by atoms with Crippen molar-refractivity contribution in [3.8, 4) is 0 Å². The Kier molecular flexibility index (Phi) is 7.36. The van der Waals surface area contributed by atoms with Gasteiger partial charge in [-0.05, 0) is 48.0 Å². The number of amides is 2. The van der Waals surface area contributed by atoms with Crippen molar-refractivity contribution in [3.63, 3.8) is 0 Å². The predicted molar refractivity (Wildman–Crippen MR) is 140 cm³/mol. The van der Waals surface area contributed by atoms with E-state index in [2.05, 4.69) is 48.3 Å². The Morgan fingerprint density at radius 1 is 1.11 bits per heavy atom. The van der Waals surface area contributed by atoms with Gasteiger partial charge in [0.25, 0.3) is 5.91 Å². The van der Waals surface area contributed by atoms with Crippen molar-refractivity contribution >= 4 is 18.9 Å². The van der Waals surface area contributed by atoms with Crippen molar-refractivity contribution in [3.05, 3.63) is 60.2 Å². The normalized spacial score (nSPS) is 27.1. The Hall–Kier alpha value is -2.78. The minimum Gasteiger partial charge on any atom is -0.404 e. The van der Waals surface area contributed by atoms with Crippen molar-refractivity contribution in [2.75, 3.05) is 0 Å². The molecule has 2 heterocycles. The van der Waals surface area contributed by atoms with Gasteiger partial charge in [-0.25, -0.2) is 4.98 Å². The first-order chi connectivity index (χ1) is 17.7. The molecule has 2 amide bonds. The van der Waals surface area contributed by atoms with Crippen LogP contribution in [0.5, 0.6) is 0 Å². The zero-order valence-corrected chi connectivity index (χ0v) is 22.1. The van der Waals surface area contributed by atoms with Crippen LogP contribution < -0.4 is 10.6 Å². The van der Waals surface area contributed by atoms with E-state index in [9.17, 15) is 9.59 Å². The first-order valence-corrected chi connectivity index (χ1v) is 13.4. The van der Waals surface area contributed by atoms with E-state index in [0.717, 1.165) is 12.0 Å². The van der Waals surface area contributed by atoms with Crippen LogP contribution in [0, 0.1) is 23.2 Å². The average molecular weight is 504 g/mol. The summed E-state index contributed by atoms with van der Waals surface area (Å²) in [7, 11) is -0.496. The van der Waals surface area contributed by atoms with E-state index in [1.54, 1.807) is 0 Å². The minimum absolute atomic E-state index is 0.0769. The van der Waals surface area contributed by atoms with Crippen molar-refractivity contribution in [2.24, 2.45) is 23.2 Å². The van der Waals surface area contributed by atoms with Gasteiger partial charge in [-0.2, -0.15) is 0 Å². The number of nitrogens with zero attached hydrogens (tertiary/aromatic N) is 2. The molecule has 2 N–H and O–H groups in total. The van der Waals surface area contributed by atoms with Crippen LogP contribution in [0.1, 0.15) is 63.0 Å². The molecule has 3 saturated carbocycles. The van der Waals surface area contributed by atoms with Crippen molar-refractivity contribution in [2.45, 2.75) is 77.6 Å². The van der Waals surface area contributed by atoms with Gasteiger partial charge in [-0.15, -0.1) is 0 Å². The molecule has 4 fully saturated rings. The topological polar surface area (TPSA) is 102 Å². The fourth-order valence-corrected chi connectivity index (χ4v) is 6.29. The lowest BCUT2D eigenvalue weighted by molar-refractivity contribution is -0.150. The Labute approximate surface area is 219 Å². The molecule has 0 radical (unpaired) electrons. The summed E-state index contributed by atoms with van der Waals surface area (Å²) in [5.74, 6) is 0.473. The molecule has 2 aromatic rings. The molecule has 6 atom stereocenters. The number of aromatic nitrogens is 2. The maximum Gasteiger partial charge on any atom is 0.481 e. The third kappa shape index (κ3) is 5.43. The lowest BCUT2D eigenvalue weighted by Gasteiger charge is -2.60. The molecule has 9 heteroatoms. The van der Waals surface area contributed by atoms with E-state index in [0.29, 0.717) is 30.6 Å². The highest BCUT2D eigenvalue weighted by Gasteiger charge is 2.62. The maximum absolute atomic E-state index is 13.7. The summed E-state index contributed by atoms with van der Waals surface area (Å²) in [6.45, 7) is 8.91. The van der Waals surface area contributed by atoms with Gasteiger partial charge in [0.15, 0.2) is 0 Å². The van der Waals surface area contributed by atoms with Crippen LogP contribution in [-0.4, -0.2) is 53.1 Å². The van der Waals surface area contributed by atoms with E-state index in [4.69, 9.17) is 9.31 Å². The third-order valence-corrected chi connectivity index (χ3v) is 8.51. The van der Waals surface area contributed by atoms with Gasteiger partial charge in [0, 0.05) is 18.8 Å². The molecular formula is C28H37BN4O4. The van der Waals surface area contributed by atoms with Crippen LogP contribution in [0.15, 0.2) is 48.9 Å². The molecule has 1 saturated heterocycles. The van der Waals surface area contributed by atoms with Crippen molar-refractivity contribution < 1.29 is 18.9 Å². The van der Waals surface area contributed by atoms with Crippen molar-refractivity contribution in [1.82, 2.24) is 20.6 Å². The van der Waals surface area contributed by atoms with Crippen LogP contribution in [0.4, 0.5) is 0 Å². The smallest absolute Gasteiger partial charge is 0.404 e. The Morgan fingerprint density at radius 2 is 1.89 bits per heavy atom. The molecule has 6 rings (SSSR count). The number of benzene rings is 1. The van der Waals surface area contributed by atoms with Crippen LogP contribution in [-0.2, 0) is 20.5 Å².